The van der Waals surface area contributed by atoms with Crippen molar-refractivity contribution in [1.29, 1.82) is 0 Å². The summed E-state index contributed by atoms with van der Waals surface area (Å²) in [6.45, 7) is 2.82. The van der Waals surface area contributed by atoms with Crippen LogP contribution in [0, 0.1) is 6.92 Å². The number of nitrogens with two attached hydrogens (primary N) is 1. The quantitative estimate of drug-likeness (QED) is 0.761. The van der Waals surface area contributed by atoms with Crippen LogP contribution >= 0.6 is 0 Å². The first-order chi connectivity index (χ1) is 8.12. The lowest BCUT2D eigenvalue weighted by Crippen LogP contribution is -2.32. The van der Waals surface area contributed by atoms with Gasteiger partial charge in [-0.2, -0.15) is 0 Å². The molecule has 0 saturated carbocycles. The molecule has 0 aliphatic carbocycles. The van der Waals surface area contributed by atoms with Crippen LogP contribution in [0.2, 0.25) is 0 Å². The maximum absolute atomic E-state index is 11.9. The van der Waals surface area contributed by atoms with Crippen molar-refractivity contribution in [3.63, 3.8) is 0 Å². The zero-order valence-electron chi connectivity index (χ0n) is 10.2. The second-order valence-electron chi connectivity index (χ2n) is 3.84. The van der Waals surface area contributed by atoms with E-state index in [2.05, 4.69) is 0 Å². The van der Waals surface area contributed by atoms with Gasteiger partial charge in [-0.3, -0.25) is 14.2 Å². The average Bonchev–Trinajstić information content (AvgIpc) is 2.14. The van der Waals surface area contributed by atoms with E-state index in [0.29, 0.717) is 0 Å². The highest BCUT2D eigenvalue weighted by Crippen LogP contribution is 2.26. The van der Waals surface area contributed by atoms with Crippen molar-refractivity contribution in [3.8, 4) is 5.88 Å². The summed E-state index contributed by atoms with van der Waals surface area (Å²) in [5.74, 6) is -1.70. The molecule has 0 aliphatic rings. The predicted octanol–water partition coefficient (Wildman–Crippen LogP) is -0.615. The van der Waals surface area contributed by atoms with E-state index in [-0.39, 0.29) is 12.1 Å². The Balaban J connectivity index is 4.04. The number of amides is 1. The van der Waals surface area contributed by atoms with Crippen molar-refractivity contribution in [2.75, 3.05) is 6.26 Å². The van der Waals surface area contributed by atoms with E-state index < -0.39 is 37.6 Å². The van der Waals surface area contributed by atoms with Gasteiger partial charge in [0.2, 0.25) is 5.88 Å². The summed E-state index contributed by atoms with van der Waals surface area (Å²) in [5, 5.41) is 9.82. The molecule has 1 heterocycles. The highest BCUT2D eigenvalue weighted by molar-refractivity contribution is 7.90. The van der Waals surface area contributed by atoms with Gasteiger partial charge in [-0.1, -0.05) is 0 Å². The van der Waals surface area contributed by atoms with Crippen molar-refractivity contribution in [2.45, 2.75) is 25.3 Å². The number of hydrogen-bond donors (Lipinski definition) is 2. The van der Waals surface area contributed by atoms with Crippen LogP contribution in [0.5, 0.6) is 5.88 Å². The van der Waals surface area contributed by atoms with Crippen molar-refractivity contribution >= 4 is 15.7 Å². The summed E-state index contributed by atoms with van der Waals surface area (Å²) >= 11 is 0. The molecule has 0 unspecified atom stereocenters. The minimum atomic E-state index is -3.79. The molecule has 0 saturated heterocycles. The van der Waals surface area contributed by atoms with Gasteiger partial charge >= 0.3 is 0 Å². The Kier molecular flexibility index (Phi) is 3.52. The fourth-order valence-corrected chi connectivity index (χ4v) is 2.92. The number of carbonyl (C=O) groups excluding carboxylic acids is 1. The Morgan fingerprint density at radius 3 is 2.28 bits per heavy atom. The molecular weight excluding hydrogens is 260 g/mol. The fraction of sp³-hybridized carbons (Fsp3) is 0.400. The molecule has 3 N–H and O–H groups in total. The molecule has 0 bridgehead atoms. The van der Waals surface area contributed by atoms with Gasteiger partial charge in [0.05, 0.1) is 0 Å². The van der Waals surface area contributed by atoms with Gasteiger partial charge in [0, 0.05) is 12.8 Å². The fourth-order valence-electron chi connectivity index (χ4n) is 1.82. The minimum Gasteiger partial charge on any atom is -0.493 e. The standard InChI is InChI=1S/C10H14N2O5S/c1-4-12-9(14)6(8(11)13)5(2)7(10(12)15)18(3,16)17/h15H,4H2,1-3H3,(H2,11,13). The first-order valence-electron chi connectivity index (χ1n) is 5.09. The van der Waals surface area contributed by atoms with E-state index in [9.17, 15) is 23.1 Å². The van der Waals surface area contributed by atoms with Gasteiger partial charge in [0.25, 0.3) is 11.5 Å². The predicted molar refractivity (Wildman–Crippen MR) is 64.4 cm³/mol. The molecule has 1 amide bonds. The normalized spacial score (nSPS) is 11.5. The highest BCUT2D eigenvalue weighted by Gasteiger charge is 2.26. The number of aromatic nitrogens is 1. The third-order valence-electron chi connectivity index (χ3n) is 2.57. The molecule has 0 spiro atoms. The van der Waals surface area contributed by atoms with E-state index in [1.807, 2.05) is 0 Å². The molecular formula is C10H14N2O5S. The maximum atomic E-state index is 11.9. The zero-order chi connectivity index (χ0) is 14.2. The van der Waals surface area contributed by atoms with Crippen LogP contribution < -0.4 is 11.3 Å². The van der Waals surface area contributed by atoms with Crippen molar-refractivity contribution in [2.24, 2.45) is 5.73 Å². The van der Waals surface area contributed by atoms with Gasteiger partial charge < -0.3 is 10.8 Å². The molecule has 0 fully saturated rings. The minimum absolute atomic E-state index is 0.0216. The monoisotopic (exact) mass is 274 g/mol. The Labute approximate surface area is 104 Å². The van der Waals surface area contributed by atoms with Crippen LogP contribution in [-0.4, -0.2) is 30.3 Å². The Morgan fingerprint density at radius 2 is 1.94 bits per heavy atom. The summed E-state index contributed by atoms with van der Waals surface area (Å²) in [5.41, 5.74) is 3.73. The summed E-state index contributed by atoms with van der Waals surface area (Å²) < 4.78 is 24.0. The number of carbonyl (C=O) groups is 1. The molecule has 7 nitrogen and oxygen atoms in total. The van der Waals surface area contributed by atoms with E-state index in [0.717, 1.165) is 10.8 Å². The summed E-state index contributed by atoms with van der Waals surface area (Å²) in [6, 6.07) is 0. The zero-order valence-corrected chi connectivity index (χ0v) is 11.0. The molecule has 0 atom stereocenters. The molecule has 1 aromatic heterocycles. The molecule has 100 valence electrons. The molecule has 1 rings (SSSR count). The Morgan fingerprint density at radius 1 is 1.44 bits per heavy atom. The Bertz CT molecular complexity index is 672. The molecule has 8 heteroatoms. The van der Waals surface area contributed by atoms with Crippen molar-refractivity contribution in [1.82, 2.24) is 4.57 Å². The third-order valence-corrected chi connectivity index (χ3v) is 3.80. The second-order valence-corrected chi connectivity index (χ2v) is 5.79. The number of sulfone groups is 1. The van der Waals surface area contributed by atoms with Crippen molar-refractivity contribution in [3.05, 3.63) is 21.5 Å². The number of pyridine rings is 1. The second kappa shape index (κ2) is 4.45. The number of nitrogens with zero attached hydrogens (tertiary/aromatic N) is 1. The van der Waals surface area contributed by atoms with Crippen LogP contribution in [0.3, 0.4) is 0 Å². The van der Waals surface area contributed by atoms with Gasteiger partial charge in [0.1, 0.15) is 10.5 Å². The van der Waals surface area contributed by atoms with Crippen LogP contribution in [0.15, 0.2) is 9.69 Å². The van der Waals surface area contributed by atoms with E-state index >= 15 is 0 Å². The number of hydrogen-bond acceptors (Lipinski definition) is 5. The van der Waals surface area contributed by atoms with Crippen LogP contribution in [-0.2, 0) is 16.4 Å². The number of primary amides is 1. The SMILES string of the molecule is CCn1c(O)c(S(C)(=O)=O)c(C)c(C(N)=O)c1=O. The molecule has 0 aromatic carbocycles. The van der Waals surface area contributed by atoms with Gasteiger partial charge in [-0.25, -0.2) is 8.42 Å². The molecule has 1 aromatic rings. The molecule has 0 radical (unpaired) electrons. The third kappa shape index (κ3) is 2.10. The van der Waals surface area contributed by atoms with E-state index in [1.54, 1.807) is 0 Å². The average molecular weight is 274 g/mol. The topological polar surface area (TPSA) is 119 Å². The highest BCUT2D eigenvalue weighted by atomic mass is 32.2. The van der Waals surface area contributed by atoms with E-state index in [4.69, 9.17) is 5.73 Å². The molecule has 0 aliphatic heterocycles. The smallest absolute Gasteiger partial charge is 0.266 e. The van der Waals surface area contributed by atoms with Gasteiger partial charge in [0.15, 0.2) is 9.84 Å². The summed E-state index contributed by atoms with van der Waals surface area (Å²) in [7, 11) is -3.79. The number of aromatic hydroxyl groups is 1. The summed E-state index contributed by atoms with van der Waals surface area (Å²) in [4.78, 5) is 22.7. The number of rotatable bonds is 3. The van der Waals surface area contributed by atoms with Gasteiger partial charge in [-0.05, 0) is 19.4 Å². The summed E-state index contributed by atoms with van der Waals surface area (Å²) in [6.07, 6.45) is 0.879. The maximum Gasteiger partial charge on any atom is 0.266 e. The van der Waals surface area contributed by atoms with Crippen LogP contribution in [0.25, 0.3) is 0 Å². The van der Waals surface area contributed by atoms with E-state index in [1.165, 1.54) is 13.8 Å². The van der Waals surface area contributed by atoms with Crippen LogP contribution in [0.1, 0.15) is 22.8 Å². The molecule has 18 heavy (non-hydrogen) atoms. The van der Waals surface area contributed by atoms with Crippen LogP contribution in [0.4, 0.5) is 0 Å². The lowest BCUT2D eigenvalue weighted by atomic mass is 10.1. The Hall–Kier alpha value is -1.83. The van der Waals surface area contributed by atoms with Crippen molar-refractivity contribution < 1.29 is 18.3 Å². The lowest BCUT2D eigenvalue weighted by molar-refractivity contribution is 0.0997. The lowest BCUT2D eigenvalue weighted by Gasteiger charge is -2.14. The largest absolute Gasteiger partial charge is 0.493 e. The first kappa shape index (κ1) is 14.2. The first-order valence-corrected chi connectivity index (χ1v) is 6.98. The van der Waals surface area contributed by atoms with Gasteiger partial charge in [-0.15, -0.1) is 0 Å².